The van der Waals surface area contributed by atoms with Crippen LogP contribution in [0.5, 0.6) is 0 Å². The molecule has 0 aromatic carbocycles. The Balaban J connectivity index is 2.12. The molecule has 1 aliphatic heterocycles. The van der Waals surface area contributed by atoms with Crippen LogP contribution in [0.2, 0.25) is 0 Å². The van der Waals surface area contributed by atoms with Crippen LogP contribution >= 0.6 is 0 Å². The summed E-state index contributed by atoms with van der Waals surface area (Å²) >= 11 is 0. The van der Waals surface area contributed by atoms with Crippen LogP contribution in [-0.2, 0) is 16.6 Å². The van der Waals surface area contributed by atoms with Crippen LogP contribution in [-0.4, -0.2) is 55.0 Å². The molecule has 1 aliphatic rings. The summed E-state index contributed by atoms with van der Waals surface area (Å²) in [6.45, 7) is 0.960. The molecule has 1 fully saturated rings. The van der Waals surface area contributed by atoms with Crippen LogP contribution in [0.25, 0.3) is 0 Å². The fourth-order valence-corrected chi connectivity index (χ4v) is 3.97. The summed E-state index contributed by atoms with van der Waals surface area (Å²) in [4.78, 5) is 5.22. The smallest absolute Gasteiger partial charge is 0.217 e. The van der Waals surface area contributed by atoms with Crippen LogP contribution < -0.4 is 0 Å². The molecule has 0 bridgehead atoms. The Morgan fingerprint density at radius 2 is 1.95 bits per heavy atom. The third kappa shape index (κ3) is 3.56. The Hall–Kier alpha value is -1.12. The Labute approximate surface area is 123 Å². The minimum Gasteiger partial charge on any atom is -0.298 e. The molecule has 0 N–H and O–H groups in total. The van der Waals surface area contributed by atoms with E-state index in [1.165, 1.54) is 18.4 Å². The van der Waals surface area contributed by atoms with Crippen LogP contribution in [0.3, 0.4) is 0 Å². The van der Waals surface area contributed by atoms with Crippen molar-refractivity contribution in [3.63, 3.8) is 0 Å². The number of piperidine rings is 1. The molecular formula is C13H19F2N3O2S. The van der Waals surface area contributed by atoms with Gasteiger partial charge in [-0.15, -0.1) is 0 Å². The SMILES string of the molecule is CN(C)S(=O)(=O)C1CCCN(Cc2c(F)cncc2F)C1. The van der Waals surface area contributed by atoms with Gasteiger partial charge in [0.2, 0.25) is 10.0 Å². The maximum atomic E-state index is 13.6. The molecule has 0 spiro atoms. The third-order valence-electron chi connectivity index (χ3n) is 3.73. The lowest BCUT2D eigenvalue weighted by atomic mass is 10.1. The number of nitrogens with zero attached hydrogens (tertiary/aromatic N) is 3. The molecule has 1 aromatic heterocycles. The van der Waals surface area contributed by atoms with Gasteiger partial charge < -0.3 is 0 Å². The van der Waals surface area contributed by atoms with Gasteiger partial charge in [0, 0.05) is 32.7 Å². The van der Waals surface area contributed by atoms with Crippen LogP contribution in [0.15, 0.2) is 12.4 Å². The van der Waals surface area contributed by atoms with Crippen molar-refractivity contribution in [2.45, 2.75) is 24.6 Å². The van der Waals surface area contributed by atoms with Crippen molar-refractivity contribution in [3.05, 3.63) is 29.6 Å². The highest BCUT2D eigenvalue weighted by molar-refractivity contribution is 7.89. The van der Waals surface area contributed by atoms with E-state index in [-0.39, 0.29) is 18.7 Å². The number of pyridine rings is 1. The predicted octanol–water partition coefficient (Wildman–Crippen LogP) is 1.22. The highest BCUT2D eigenvalue weighted by atomic mass is 32.2. The first-order valence-electron chi connectivity index (χ1n) is 6.74. The molecule has 118 valence electrons. The summed E-state index contributed by atoms with van der Waals surface area (Å²) in [5.41, 5.74) is -0.0621. The average molecular weight is 319 g/mol. The molecule has 1 atom stereocenters. The third-order valence-corrected chi connectivity index (χ3v) is 5.97. The summed E-state index contributed by atoms with van der Waals surface area (Å²) in [6, 6.07) is 0. The summed E-state index contributed by atoms with van der Waals surface area (Å²) in [5.74, 6) is -1.40. The lowest BCUT2D eigenvalue weighted by Gasteiger charge is -2.33. The number of aromatic nitrogens is 1. The van der Waals surface area contributed by atoms with E-state index in [9.17, 15) is 17.2 Å². The number of rotatable bonds is 4. The first-order valence-corrected chi connectivity index (χ1v) is 8.24. The van der Waals surface area contributed by atoms with Crippen molar-refractivity contribution in [1.82, 2.24) is 14.2 Å². The quantitative estimate of drug-likeness (QED) is 0.837. The molecule has 0 radical (unpaired) electrons. The molecule has 21 heavy (non-hydrogen) atoms. The van der Waals surface area contributed by atoms with Crippen molar-refractivity contribution in [2.75, 3.05) is 27.2 Å². The van der Waals surface area contributed by atoms with E-state index < -0.39 is 26.9 Å². The van der Waals surface area contributed by atoms with Crippen molar-refractivity contribution in [2.24, 2.45) is 0 Å². The first-order chi connectivity index (χ1) is 9.82. The summed E-state index contributed by atoms with van der Waals surface area (Å²) in [5, 5.41) is -0.533. The molecule has 0 aliphatic carbocycles. The van der Waals surface area contributed by atoms with E-state index in [1.54, 1.807) is 4.90 Å². The van der Waals surface area contributed by atoms with E-state index in [0.29, 0.717) is 19.4 Å². The minimum atomic E-state index is -3.35. The van der Waals surface area contributed by atoms with Crippen molar-refractivity contribution in [1.29, 1.82) is 0 Å². The topological polar surface area (TPSA) is 53.5 Å². The van der Waals surface area contributed by atoms with E-state index in [1.807, 2.05) is 0 Å². The molecule has 2 heterocycles. The van der Waals surface area contributed by atoms with Gasteiger partial charge in [0.1, 0.15) is 11.6 Å². The molecule has 0 amide bonds. The Morgan fingerprint density at radius 1 is 1.33 bits per heavy atom. The molecule has 1 saturated heterocycles. The monoisotopic (exact) mass is 319 g/mol. The van der Waals surface area contributed by atoms with E-state index in [4.69, 9.17) is 0 Å². The summed E-state index contributed by atoms with van der Waals surface area (Å²) in [7, 11) is -0.361. The molecule has 1 unspecified atom stereocenters. The molecule has 8 heteroatoms. The van der Waals surface area contributed by atoms with Crippen molar-refractivity contribution in [3.8, 4) is 0 Å². The minimum absolute atomic E-state index is 0.0552. The molecule has 2 rings (SSSR count). The van der Waals surface area contributed by atoms with Gasteiger partial charge in [-0.25, -0.2) is 21.5 Å². The zero-order valence-corrected chi connectivity index (χ0v) is 12.9. The largest absolute Gasteiger partial charge is 0.298 e. The van der Waals surface area contributed by atoms with Gasteiger partial charge in [-0.3, -0.25) is 9.88 Å². The standard InChI is InChI=1S/C13H19F2N3O2S/c1-17(2)21(19,20)10-4-3-5-18(8-10)9-11-12(14)6-16-7-13(11)15/h6-7,10H,3-5,8-9H2,1-2H3. The van der Waals surface area contributed by atoms with E-state index >= 15 is 0 Å². The molecule has 1 aromatic rings. The van der Waals surface area contributed by atoms with E-state index in [2.05, 4.69) is 4.98 Å². The Kier molecular flexibility index (Phi) is 4.90. The highest BCUT2D eigenvalue weighted by Crippen LogP contribution is 2.22. The first kappa shape index (κ1) is 16.3. The van der Waals surface area contributed by atoms with E-state index in [0.717, 1.165) is 12.4 Å². The molecular weight excluding hydrogens is 300 g/mol. The van der Waals surface area contributed by atoms with Gasteiger partial charge in [-0.05, 0) is 19.4 Å². The van der Waals surface area contributed by atoms with Gasteiger partial charge in [-0.1, -0.05) is 0 Å². The molecule has 0 saturated carbocycles. The highest BCUT2D eigenvalue weighted by Gasteiger charge is 2.32. The average Bonchev–Trinajstić information content (AvgIpc) is 2.43. The second-order valence-electron chi connectivity index (χ2n) is 5.41. The number of sulfonamides is 1. The molecule has 5 nitrogen and oxygen atoms in total. The lowest BCUT2D eigenvalue weighted by molar-refractivity contribution is 0.214. The van der Waals surface area contributed by atoms with Gasteiger partial charge in [0.25, 0.3) is 0 Å². The lowest BCUT2D eigenvalue weighted by Crippen LogP contribution is -2.45. The fourth-order valence-electron chi connectivity index (χ4n) is 2.51. The Morgan fingerprint density at radius 3 is 2.52 bits per heavy atom. The van der Waals surface area contributed by atoms with Gasteiger partial charge in [0.15, 0.2) is 0 Å². The number of hydrogen-bond acceptors (Lipinski definition) is 4. The van der Waals surface area contributed by atoms with Crippen LogP contribution in [0.1, 0.15) is 18.4 Å². The normalized spacial score (nSPS) is 20.9. The van der Waals surface area contributed by atoms with Crippen LogP contribution in [0, 0.1) is 11.6 Å². The second-order valence-corrected chi connectivity index (χ2v) is 7.84. The maximum Gasteiger partial charge on any atom is 0.217 e. The maximum absolute atomic E-state index is 13.6. The summed E-state index contributed by atoms with van der Waals surface area (Å²) < 4.78 is 52.7. The predicted molar refractivity (Wildman–Crippen MR) is 75.1 cm³/mol. The zero-order valence-electron chi connectivity index (χ0n) is 12.1. The fraction of sp³-hybridized carbons (Fsp3) is 0.615. The van der Waals surface area contributed by atoms with Crippen LogP contribution in [0.4, 0.5) is 8.78 Å². The van der Waals surface area contributed by atoms with Crippen molar-refractivity contribution < 1.29 is 17.2 Å². The van der Waals surface area contributed by atoms with Gasteiger partial charge in [-0.2, -0.15) is 0 Å². The van der Waals surface area contributed by atoms with Gasteiger partial charge >= 0.3 is 0 Å². The number of hydrogen-bond donors (Lipinski definition) is 0. The van der Waals surface area contributed by atoms with Gasteiger partial charge in [0.05, 0.1) is 17.6 Å². The number of halogens is 2. The zero-order chi connectivity index (χ0) is 15.6. The second kappa shape index (κ2) is 6.33. The van der Waals surface area contributed by atoms with Crippen molar-refractivity contribution >= 4 is 10.0 Å². The summed E-state index contributed by atoms with van der Waals surface area (Å²) in [6.07, 6.45) is 3.19. The Bertz CT molecular complexity index is 587. The number of likely N-dealkylation sites (tertiary alicyclic amines) is 1.